The third-order valence-electron chi connectivity index (χ3n) is 4.74. The zero-order valence-corrected chi connectivity index (χ0v) is 14.1. The van der Waals surface area contributed by atoms with E-state index in [1.54, 1.807) is 24.3 Å². The van der Waals surface area contributed by atoms with Gasteiger partial charge in [0, 0.05) is 28.8 Å². The van der Waals surface area contributed by atoms with Gasteiger partial charge in [0.15, 0.2) is 0 Å². The van der Waals surface area contributed by atoms with Gasteiger partial charge in [0.2, 0.25) is 11.0 Å². The van der Waals surface area contributed by atoms with Crippen molar-refractivity contribution in [3.63, 3.8) is 0 Å². The van der Waals surface area contributed by atoms with E-state index in [-0.39, 0.29) is 5.56 Å². The Morgan fingerprint density at radius 1 is 0.923 bits per heavy atom. The largest absolute Gasteiger partial charge is 0.545 e. The predicted molar refractivity (Wildman–Crippen MR) is 97.8 cm³/mol. The second kappa shape index (κ2) is 6.08. The molecule has 0 spiro atoms. The molecule has 3 aromatic carbocycles. The van der Waals surface area contributed by atoms with Crippen LogP contribution in [-0.2, 0) is 7.05 Å². The number of nitrogens with zero attached hydrogens (tertiary/aromatic N) is 1. The maximum Gasteiger partial charge on any atom is 0.214 e. The monoisotopic (exact) mass is 341 g/mol. The lowest BCUT2D eigenvalue weighted by Crippen LogP contribution is -2.32. The van der Waals surface area contributed by atoms with Crippen LogP contribution in [0.4, 0.5) is 0 Å². The van der Waals surface area contributed by atoms with E-state index in [4.69, 9.17) is 0 Å². The Morgan fingerprint density at radius 3 is 2.31 bits per heavy atom. The minimum atomic E-state index is -1.21. The van der Waals surface area contributed by atoms with Gasteiger partial charge in [-0.3, -0.25) is 4.79 Å². The molecule has 4 rings (SSSR count). The van der Waals surface area contributed by atoms with Gasteiger partial charge in [-0.15, -0.1) is 0 Å². The lowest BCUT2D eigenvalue weighted by atomic mass is 9.92. The molecular formula is C22H15NO3. The average molecular weight is 341 g/mol. The van der Waals surface area contributed by atoms with E-state index in [1.807, 2.05) is 54.1 Å². The van der Waals surface area contributed by atoms with Gasteiger partial charge in [-0.25, -0.2) is 0 Å². The third kappa shape index (κ3) is 2.35. The molecule has 26 heavy (non-hydrogen) atoms. The van der Waals surface area contributed by atoms with Crippen molar-refractivity contribution in [3.8, 4) is 11.1 Å². The molecule has 4 heteroatoms. The summed E-state index contributed by atoms with van der Waals surface area (Å²) in [4.78, 5) is 22.8. The SMILES string of the molecule is C[n+]1c2ccccc2c(-c2ccc(C=O)cc2)c2c(C(=O)[O-])cccc21. The van der Waals surface area contributed by atoms with Crippen LogP contribution >= 0.6 is 0 Å². The van der Waals surface area contributed by atoms with E-state index in [0.717, 1.165) is 33.8 Å². The van der Waals surface area contributed by atoms with E-state index in [1.165, 1.54) is 0 Å². The van der Waals surface area contributed by atoms with Crippen LogP contribution in [0.15, 0.2) is 66.7 Å². The molecule has 0 fully saturated rings. The molecule has 0 radical (unpaired) electrons. The van der Waals surface area contributed by atoms with Gasteiger partial charge in [0.05, 0.1) is 16.7 Å². The fourth-order valence-corrected chi connectivity index (χ4v) is 3.52. The number of carboxylic acid groups (broad SMARTS) is 1. The molecule has 0 N–H and O–H groups in total. The summed E-state index contributed by atoms with van der Waals surface area (Å²) in [5.41, 5.74) is 4.20. The number of carbonyl (C=O) groups excluding carboxylic acids is 2. The minimum absolute atomic E-state index is 0.151. The van der Waals surface area contributed by atoms with E-state index in [2.05, 4.69) is 0 Å². The lowest BCUT2D eigenvalue weighted by Gasteiger charge is -2.14. The first-order chi connectivity index (χ1) is 12.6. The van der Waals surface area contributed by atoms with Crippen molar-refractivity contribution in [1.82, 2.24) is 0 Å². The summed E-state index contributed by atoms with van der Waals surface area (Å²) in [6, 6.07) is 20.2. The molecule has 0 aliphatic rings. The van der Waals surface area contributed by atoms with E-state index in [9.17, 15) is 14.7 Å². The first-order valence-corrected chi connectivity index (χ1v) is 8.22. The molecule has 0 atom stereocenters. The molecule has 0 saturated heterocycles. The molecule has 0 aliphatic carbocycles. The second-order valence-corrected chi connectivity index (χ2v) is 6.18. The fraction of sp³-hybridized carbons (Fsp3) is 0.0455. The molecule has 126 valence electrons. The van der Waals surface area contributed by atoms with Crippen molar-refractivity contribution in [3.05, 3.63) is 77.9 Å². The highest BCUT2D eigenvalue weighted by molar-refractivity contribution is 6.14. The molecule has 0 bridgehead atoms. The van der Waals surface area contributed by atoms with Crippen molar-refractivity contribution in [2.45, 2.75) is 0 Å². The summed E-state index contributed by atoms with van der Waals surface area (Å²) in [5, 5.41) is 13.4. The Morgan fingerprint density at radius 2 is 1.62 bits per heavy atom. The number of aryl methyl sites for hydroxylation is 1. The van der Waals surface area contributed by atoms with Crippen LogP contribution in [0.2, 0.25) is 0 Å². The van der Waals surface area contributed by atoms with Crippen molar-refractivity contribution in [1.29, 1.82) is 0 Å². The van der Waals surface area contributed by atoms with Crippen LogP contribution < -0.4 is 9.67 Å². The number of carbonyl (C=O) groups is 2. The number of aromatic nitrogens is 1. The first-order valence-electron chi connectivity index (χ1n) is 8.22. The molecular weight excluding hydrogens is 326 g/mol. The summed E-state index contributed by atoms with van der Waals surface area (Å²) in [5.74, 6) is -1.21. The molecule has 0 aliphatic heterocycles. The number of hydrogen-bond donors (Lipinski definition) is 0. The minimum Gasteiger partial charge on any atom is -0.545 e. The summed E-state index contributed by atoms with van der Waals surface area (Å²) >= 11 is 0. The van der Waals surface area contributed by atoms with E-state index in [0.29, 0.717) is 10.9 Å². The highest BCUT2D eigenvalue weighted by Crippen LogP contribution is 2.35. The number of rotatable bonds is 3. The van der Waals surface area contributed by atoms with Gasteiger partial charge in [0.25, 0.3) is 0 Å². The van der Waals surface area contributed by atoms with Crippen molar-refractivity contribution in [2.75, 3.05) is 0 Å². The number of aldehydes is 1. The average Bonchev–Trinajstić information content (AvgIpc) is 2.68. The highest BCUT2D eigenvalue weighted by atomic mass is 16.4. The number of benzene rings is 3. The predicted octanol–water partition coefficient (Wildman–Crippen LogP) is 2.66. The summed E-state index contributed by atoms with van der Waals surface area (Å²) in [6.07, 6.45) is 0.789. The van der Waals surface area contributed by atoms with E-state index >= 15 is 0 Å². The van der Waals surface area contributed by atoms with Crippen molar-refractivity contribution < 1.29 is 19.3 Å². The number of para-hydroxylation sites is 1. The Kier molecular flexibility index (Phi) is 3.73. The van der Waals surface area contributed by atoms with Crippen LogP contribution in [0, 0.1) is 0 Å². The number of pyridine rings is 1. The molecule has 1 aromatic heterocycles. The van der Waals surface area contributed by atoms with Crippen LogP contribution in [-0.4, -0.2) is 12.3 Å². The molecule has 4 aromatic rings. The Balaban J connectivity index is 2.25. The maximum atomic E-state index is 11.8. The zero-order chi connectivity index (χ0) is 18.3. The second-order valence-electron chi connectivity index (χ2n) is 6.18. The van der Waals surface area contributed by atoms with Gasteiger partial charge >= 0.3 is 0 Å². The quantitative estimate of drug-likeness (QED) is 0.327. The third-order valence-corrected chi connectivity index (χ3v) is 4.74. The van der Waals surface area contributed by atoms with Crippen LogP contribution in [0.5, 0.6) is 0 Å². The number of hydrogen-bond acceptors (Lipinski definition) is 3. The first kappa shape index (κ1) is 16.0. The smallest absolute Gasteiger partial charge is 0.214 e. The highest BCUT2D eigenvalue weighted by Gasteiger charge is 2.21. The summed E-state index contributed by atoms with van der Waals surface area (Å²) in [7, 11) is 1.92. The van der Waals surface area contributed by atoms with Gasteiger partial charge in [0.1, 0.15) is 13.3 Å². The number of carboxylic acids is 1. The molecule has 0 unspecified atom stereocenters. The topological polar surface area (TPSA) is 61.1 Å². The standard InChI is InChI=1S/C22H15NO3/c1-23-18-7-3-2-5-16(18)20(15-11-9-14(13-24)10-12-15)21-17(22(25)26)6-4-8-19(21)23/h2-13H,1H3. The van der Waals surface area contributed by atoms with E-state index < -0.39 is 5.97 Å². The normalized spacial score (nSPS) is 11.0. The zero-order valence-electron chi connectivity index (χ0n) is 14.1. The van der Waals surface area contributed by atoms with Crippen LogP contribution in [0.25, 0.3) is 32.9 Å². The van der Waals surface area contributed by atoms with Crippen molar-refractivity contribution >= 4 is 34.1 Å². The summed E-state index contributed by atoms with van der Waals surface area (Å²) in [6.45, 7) is 0. The van der Waals surface area contributed by atoms with Crippen LogP contribution in [0.1, 0.15) is 20.7 Å². The molecule has 0 saturated carbocycles. The number of aromatic carboxylic acids is 1. The molecule has 1 heterocycles. The van der Waals surface area contributed by atoms with Gasteiger partial charge in [-0.05, 0) is 11.6 Å². The van der Waals surface area contributed by atoms with Gasteiger partial charge in [-0.2, -0.15) is 4.57 Å². The van der Waals surface area contributed by atoms with Crippen molar-refractivity contribution in [2.24, 2.45) is 7.05 Å². The fourth-order valence-electron chi connectivity index (χ4n) is 3.52. The Bertz CT molecular complexity index is 1180. The number of fused-ring (bicyclic) bond motifs is 2. The Hall–Kier alpha value is -3.53. The van der Waals surface area contributed by atoms with Gasteiger partial charge in [-0.1, -0.05) is 48.5 Å². The summed E-state index contributed by atoms with van der Waals surface area (Å²) < 4.78 is 1.99. The molecule has 4 nitrogen and oxygen atoms in total. The van der Waals surface area contributed by atoms with Crippen LogP contribution in [0.3, 0.4) is 0 Å². The lowest BCUT2D eigenvalue weighted by molar-refractivity contribution is -0.617. The van der Waals surface area contributed by atoms with Gasteiger partial charge < -0.3 is 9.90 Å². The molecule has 0 amide bonds. The Labute approximate surface area is 149 Å². The maximum absolute atomic E-state index is 11.8.